The predicted molar refractivity (Wildman–Crippen MR) is 155 cm³/mol. The summed E-state index contributed by atoms with van der Waals surface area (Å²) in [5, 5.41) is 10.8. The number of rotatable bonds is 9. The maximum absolute atomic E-state index is 14.5. The minimum Gasteiger partial charge on any atom is -0.396 e. The van der Waals surface area contributed by atoms with E-state index in [0.717, 1.165) is 11.1 Å². The highest BCUT2D eigenvalue weighted by atomic mass is 35.5. The molecular weight excluding hydrogens is 541 g/mol. The first kappa shape index (κ1) is 30.4. The van der Waals surface area contributed by atoms with E-state index >= 15 is 0 Å². The molecule has 1 N–H and O–H groups in total. The average Bonchev–Trinajstić information content (AvgIpc) is 2.85. The molecule has 1 aliphatic rings. The van der Waals surface area contributed by atoms with Crippen molar-refractivity contribution in [1.82, 2.24) is 4.90 Å². The van der Waals surface area contributed by atoms with Gasteiger partial charge in [-0.15, -0.1) is 4.95 Å². The zero-order chi connectivity index (χ0) is 28.3. The molecule has 2 aromatic carbocycles. The molecule has 206 valence electrons. The van der Waals surface area contributed by atoms with Gasteiger partial charge in [-0.3, -0.25) is 4.79 Å². The highest BCUT2D eigenvalue weighted by Crippen LogP contribution is 2.52. The van der Waals surface area contributed by atoms with Crippen LogP contribution in [0.1, 0.15) is 70.5 Å². The number of halogens is 2. The van der Waals surface area contributed by atoms with Crippen molar-refractivity contribution in [3.63, 3.8) is 0 Å². The number of carbonyl (C=O) groups is 1. The molecule has 1 heterocycles. The van der Waals surface area contributed by atoms with Crippen LogP contribution in [-0.4, -0.2) is 43.8 Å². The minimum absolute atomic E-state index is 0.0780. The zero-order valence-corrected chi connectivity index (χ0v) is 24.9. The standard InChI is InChI=1S/C29H37Cl2N3O3S/c1-19(2)26(18-38(37,20(3)4)33-32-6)34-27(21-10-12-23(30)13-11-21)25(22-8-7-9-24(31)16-22)17-29(5,14-15-35)28(34)36/h7-13,16,19-20,25-27,35H,14-15,17-18H2,1-5H3/t25-,26-,27-,29+,38?/m1/s1. The summed E-state index contributed by atoms with van der Waals surface area (Å²) in [7, 11) is -2.94. The second-order valence-corrected chi connectivity index (χ2v) is 14.7. The molecule has 38 heavy (non-hydrogen) atoms. The first-order valence-corrected chi connectivity index (χ1v) is 15.4. The van der Waals surface area contributed by atoms with Gasteiger partial charge in [0.1, 0.15) is 14.2 Å². The third-order valence-corrected chi connectivity index (χ3v) is 10.8. The van der Waals surface area contributed by atoms with Gasteiger partial charge < -0.3 is 10.0 Å². The smallest absolute Gasteiger partial charge is 0.229 e. The van der Waals surface area contributed by atoms with E-state index in [1.807, 2.05) is 74.2 Å². The van der Waals surface area contributed by atoms with Crippen molar-refractivity contribution < 1.29 is 14.1 Å². The van der Waals surface area contributed by atoms with Crippen LogP contribution in [0.3, 0.4) is 0 Å². The lowest BCUT2D eigenvalue weighted by Gasteiger charge is -2.53. The second-order valence-electron chi connectivity index (χ2n) is 11.0. The first-order valence-electron chi connectivity index (χ1n) is 12.9. The van der Waals surface area contributed by atoms with E-state index in [2.05, 4.69) is 9.43 Å². The van der Waals surface area contributed by atoms with Crippen LogP contribution >= 0.6 is 23.2 Å². The highest BCUT2D eigenvalue weighted by molar-refractivity contribution is 7.94. The molecule has 0 aliphatic carbocycles. The van der Waals surface area contributed by atoms with Gasteiger partial charge >= 0.3 is 0 Å². The lowest BCUT2D eigenvalue weighted by molar-refractivity contribution is -0.156. The van der Waals surface area contributed by atoms with Crippen LogP contribution < -0.4 is 0 Å². The molecule has 0 aromatic heterocycles. The van der Waals surface area contributed by atoms with Crippen molar-refractivity contribution in [3.8, 4) is 0 Å². The summed E-state index contributed by atoms with van der Waals surface area (Å²) in [5.41, 5.74) is 1.03. The Balaban J connectivity index is 2.31. The molecule has 1 unspecified atom stereocenters. The summed E-state index contributed by atoms with van der Waals surface area (Å²) in [6.07, 6.45) is 0.802. The Morgan fingerprint density at radius 3 is 2.32 bits per heavy atom. The molecule has 3 rings (SSSR count). The third-order valence-electron chi connectivity index (χ3n) is 7.71. The molecule has 1 aliphatic heterocycles. The van der Waals surface area contributed by atoms with Gasteiger partial charge in [-0.25, -0.2) is 4.21 Å². The summed E-state index contributed by atoms with van der Waals surface area (Å²) >= 11 is 12.7. The van der Waals surface area contributed by atoms with Crippen molar-refractivity contribution in [2.24, 2.45) is 15.8 Å². The minimum atomic E-state index is -2.94. The number of piperidine rings is 1. The number of nitrogens with zero attached hydrogens (tertiary/aromatic N) is 3. The van der Waals surface area contributed by atoms with Crippen LogP contribution in [0.2, 0.25) is 10.0 Å². The molecule has 0 bridgehead atoms. The molecule has 1 amide bonds. The molecule has 0 radical (unpaired) electrons. The zero-order valence-electron chi connectivity index (χ0n) is 22.6. The van der Waals surface area contributed by atoms with Gasteiger partial charge in [0.15, 0.2) is 0 Å². The Morgan fingerprint density at radius 2 is 1.79 bits per heavy atom. The van der Waals surface area contributed by atoms with Gasteiger partial charge in [-0.2, -0.15) is 6.57 Å². The molecule has 2 aromatic rings. The van der Waals surface area contributed by atoms with E-state index in [1.165, 1.54) is 0 Å². The monoisotopic (exact) mass is 577 g/mol. The lowest BCUT2D eigenvalue weighted by atomic mass is 9.67. The molecule has 0 saturated carbocycles. The summed E-state index contributed by atoms with van der Waals surface area (Å²) in [5.74, 6) is -0.251. The number of hydrogen-bond donors (Lipinski definition) is 1. The number of aliphatic hydroxyl groups is 1. The number of hydrogen-bond acceptors (Lipinski definition) is 4. The van der Waals surface area contributed by atoms with Crippen LogP contribution in [-0.2, 0) is 14.5 Å². The fourth-order valence-electron chi connectivity index (χ4n) is 5.45. The van der Waals surface area contributed by atoms with E-state index in [0.29, 0.717) is 22.9 Å². The van der Waals surface area contributed by atoms with Crippen LogP contribution in [0.4, 0.5) is 0 Å². The van der Waals surface area contributed by atoms with Crippen molar-refractivity contribution in [3.05, 3.63) is 81.2 Å². The average molecular weight is 579 g/mol. The Morgan fingerprint density at radius 1 is 1.13 bits per heavy atom. The number of amides is 1. The van der Waals surface area contributed by atoms with Crippen LogP contribution in [0.25, 0.3) is 4.95 Å². The van der Waals surface area contributed by atoms with Gasteiger partial charge in [-0.05, 0) is 68.0 Å². The summed E-state index contributed by atoms with van der Waals surface area (Å²) in [6.45, 7) is 16.7. The van der Waals surface area contributed by atoms with E-state index < -0.39 is 27.2 Å². The Labute approximate surface area is 237 Å². The fraction of sp³-hybridized carbons (Fsp3) is 0.517. The molecule has 1 fully saturated rings. The Hall–Kier alpha value is -2.11. The normalized spacial score (nSPS) is 24.2. The van der Waals surface area contributed by atoms with Crippen LogP contribution in [0.15, 0.2) is 53.0 Å². The number of likely N-dealkylation sites (tertiary alicyclic amines) is 1. The van der Waals surface area contributed by atoms with E-state index in [-0.39, 0.29) is 35.4 Å². The molecule has 9 heteroatoms. The van der Waals surface area contributed by atoms with Crippen LogP contribution in [0, 0.1) is 17.9 Å². The van der Waals surface area contributed by atoms with Crippen molar-refractivity contribution in [2.75, 3.05) is 12.4 Å². The molecule has 0 spiro atoms. The number of aliphatic hydroxyl groups excluding tert-OH is 1. The fourth-order valence-corrected chi connectivity index (χ4v) is 7.58. The predicted octanol–water partition coefficient (Wildman–Crippen LogP) is 7.17. The molecule has 5 atom stereocenters. The quantitative estimate of drug-likeness (QED) is 0.253. The first-order chi connectivity index (χ1) is 17.9. The van der Waals surface area contributed by atoms with Crippen LogP contribution in [0.5, 0.6) is 0 Å². The Bertz CT molecular complexity index is 1300. The molecule has 6 nitrogen and oxygen atoms in total. The van der Waals surface area contributed by atoms with E-state index in [4.69, 9.17) is 29.8 Å². The largest absolute Gasteiger partial charge is 0.396 e. The molecule has 1 saturated heterocycles. The van der Waals surface area contributed by atoms with E-state index in [1.54, 1.807) is 13.8 Å². The maximum Gasteiger partial charge on any atom is 0.229 e. The molecular formula is C29H37Cl2N3O3S. The van der Waals surface area contributed by atoms with Gasteiger partial charge in [-0.1, -0.05) is 68.2 Å². The van der Waals surface area contributed by atoms with Gasteiger partial charge in [0.25, 0.3) is 0 Å². The summed E-state index contributed by atoms with van der Waals surface area (Å²) in [6, 6.07) is 14.3. The Kier molecular flexibility index (Phi) is 9.92. The highest BCUT2D eigenvalue weighted by Gasteiger charge is 2.52. The van der Waals surface area contributed by atoms with Gasteiger partial charge in [0.05, 0.1) is 11.8 Å². The van der Waals surface area contributed by atoms with E-state index in [9.17, 15) is 14.1 Å². The summed E-state index contributed by atoms with van der Waals surface area (Å²) in [4.78, 5) is 19.5. The lowest BCUT2D eigenvalue weighted by Crippen LogP contribution is -2.58. The second kappa shape index (κ2) is 12.4. The van der Waals surface area contributed by atoms with Crippen molar-refractivity contribution in [2.45, 2.75) is 70.7 Å². The summed E-state index contributed by atoms with van der Waals surface area (Å²) < 4.78 is 17.8. The maximum atomic E-state index is 14.5. The number of carbonyl (C=O) groups excluding carboxylic acids is 1. The van der Waals surface area contributed by atoms with Crippen molar-refractivity contribution in [1.29, 1.82) is 0 Å². The van der Waals surface area contributed by atoms with Gasteiger partial charge in [0.2, 0.25) is 5.91 Å². The van der Waals surface area contributed by atoms with Gasteiger partial charge in [0, 0.05) is 39.3 Å². The SMILES string of the molecule is [C-]#[N+]N=S(=O)(C[C@H](C(C)C)N1C(=O)[C@@](C)(CCO)C[C@H](c2cccc(Cl)c2)[C@H]1c1ccc(Cl)cc1)C(C)C. The van der Waals surface area contributed by atoms with Crippen molar-refractivity contribution >= 4 is 38.8 Å². The number of benzene rings is 2. The third kappa shape index (κ3) is 6.37. The topological polar surface area (TPSA) is 74.3 Å².